The Kier molecular flexibility index (Phi) is 4.14. The highest BCUT2D eigenvalue weighted by Crippen LogP contribution is 2.31. The van der Waals surface area contributed by atoms with Crippen LogP contribution in [-0.2, 0) is 6.54 Å². The molecule has 106 valence electrons. The van der Waals surface area contributed by atoms with Gasteiger partial charge in [-0.05, 0) is 25.5 Å². The summed E-state index contributed by atoms with van der Waals surface area (Å²) in [6, 6.07) is 2.05. The lowest BCUT2D eigenvalue weighted by Crippen LogP contribution is -2.06. The fourth-order valence-corrected chi connectivity index (χ4v) is 2.71. The second-order valence-electron chi connectivity index (χ2n) is 4.14. The topological polar surface area (TPSA) is 90.2 Å². The number of rotatable bonds is 5. The predicted octanol–water partition coefficient (Wildman–Crippen LogP) is 2.68. The number of nitrogens with zero attached hydrogens (tertiary/aromatic N) is 3. The summed E-state index contributed by atoms with van der Waals surface area (Å²) in [7, 11) is 1.34. The minimum absolute atomic E-state index is 0.0500. The summed E-state index contributed by atoms with van der Waals surface area (Å²) in [5.41, 5.74) is 0.960. The molecule has 0 radical (unpaired) electrons. The number of nitro groups is 1. The monoisotopic (exact) mass is 294 g/mol. The molecule has 20 heavy (non-hydrogen) atoms. The zero-order chi connectivity index (χ0) is 14.7. The Labute approximate surface area is 119 Å². The minimum Gasteiger partial charge on any atom is -0.476 e. The van der Waals surface area contributed by atoms with Crippen LogP contribution < -0.4 is 10.1 Å². The van der Waals surface area contributed by atoms with Gasteiger partial charge in [-0.2, -0.15) is 4.98 Å². The molecule has 2 heterocycles. The fraction of sp³-hybridized carbons (Fsp3) is 0.333. The number of aromatic nitrogens is 2. The highest BCUT2D eigenvalue weighted by molar-refractivity contribution is 7.12. The normalized spacial score (nSPS) is 10.3. The van der Waals surface area contributed by atoms with Gasteiger partial charge in [0.15, 0.2) is 0 Å². The van der Waals surface area contributed by atoms with Crippen molar-refractivity contribution in [3.63, 3.8) is 0 Å². The summed E-state index contributed by atoms with van der Waals surface area (Å²) in [6.45, 7) is 4.55. The molecular weight excluding hydrogens is 280 g/mol. The Balaban J connectivity index is 2.23. The number of ether oxygens (including phenoxy) is 1. The highest BCUT2D eigenvalue weighted by Gasteiger charge is 2.23. The van der Waals surface area contributed by atoms with Crippen LogP contribution in [0.5, 0.6) is 5.88 Å². The number of anilines is 1. The first kappa shape index (κ1) is 14.2. The molecule has 0 spiro atoms. The molecule has 2 rings (SSSR count). The van der Waals surface area contributed by atoms with Crippen molar-refractivity contribution in [2.24, 2.45) is 0 Å². The van der Waals surface area contributed by atoms with Gasteiger partial charge in [-0.25, -0.2) is 4.98 Å². The van der Waals surface area contributed by atoms with Gasteiger partial charge in [-0.1, -0.05) is 0 Å². The molecule has 1 N–H and O–H groups in total. The molecule has 2 aromatic rings. The van der Waals surface area contributed by atoms with E-state index >= 15 is 0 Å². The summed E-state index contributed by atoms with van der Waals surface area (Å²) in [4.78, 5) is 20.5. The van der Waals surface area contributed by atoms with Crippen LogP contribution in [-0.4, -0.2) is 22.0 Å². The van der Waals surface area contributed by atoms with Gasteiger partial charge in [0.05, 0.1) is 18.6 Å². The van der Waals surface area contributed by atoms with Gasteiger partial charge in [-0.3, -0.25) is 10.1 Å². The summed E-state index contributed by atoms with van der Waals surface area (Å²) < 4.78 is 4.89. The van der Waals surface area contributed by atoms with Gasteiger partial charge in [-0.15, -0.1) is 11.3 Å². The number of nitrogens with one attached hydrogen (secondary N) is 1. The summed E-state index contributed by atoms with van der Waals surface area (Å²) in [6.07, 6.45) is 1.24. The van der Waals surface area contributed by atoms with E-state index in [1.54, 1.807) is 11.3 Å². The van der Waals surface area contributed by atoms with Crippen molar-refractivity contribution < 1.29 is 9.66 Å². The first-order valence-corrected chi connectivity index (χ1v) is 6.67. The van der Waals surface area contributed by atoms with Gasteiger partial charge < -0.3 is 10.1 Å². The van der Waals surface area contributed by atoms with E-state index in [9.17, 15) is 10.1 Å². The maximum absolute atomic E-state index is 11.1. The average molecular weight is 294 g/mol. The second kappa shape index (κ2) is 5.83. The van der Waals surface area contributed by atoms with Crippen LogP contribution >= 0.6 is 11.3 Å². The third-order valence-corrected chi connectivity index (χ3v) is 3.96. The third-order valence-electron chi connectivity index (χ3n) is 2.81. The molecule has 0 atom stereocenters. The summed E-state index contributed by atoms with van der Waals surface area (Å²) in [5.74, 6) is 0.108. The van der Waals surface area contributed by atoms with Crippen molar-refractivity contribution >= 4 is 22.8 Å². The van der Waals surface area contributed by atoms with E-state index < -0.39 is 4.92 Å². The maximum Gasteiger partial charge on any atom is 0.372 e. The van der Waals surface area contributed by atoms with E-state index in [2.05, 4.69) is 21.4 Å². The third kappa shape index (κ3) is 2.85. The number of methoxy groups -OCH3 is 1. The van der Waals surface area contributed by atoms with Gasteiger partial charge >= 0.3 is 5.69 Å². The van der Waals surface area contributed by atoms with Crippen LogP contribution in [0.2, 0.25) is 0 Å². The SMILES string of the molecule is COc1ncnc(NCc2cc(C)c(C)s2)c1[N+](=O)[O-]. The molecule has 0 aliphatic rings. The number of aryl methyl sites for hydroxylation is 2. The van der Waals surface area contributed by atoms with Crippen molar-refractivity contribution in [2.75, 3.05) is 12.4 Å². The van der Waals surface area contributed by atoms with Crippen LogP contribution in [0.4, 0.5) is 11.5 Å². The minimum atomic E-state index is -0.550. The van der Waals surface area contributed by atoms with Crippen molar-refractivity contribution in [2.45, 2.75) is 20.4 Å². The second-order valence-corrected chi connectivity index (χ2v) is 5.48. The zero-order valence-electron chi connectivity index (χ0n) is 11.3. The Morgan fingerprint density at radius 1 is 1.45 bits per heavy atom. The van der Waals surface area contributed by atoms with Crippen LogP contribution in [0.25, 0.3) is 0 Å². The lowest BCUT2D eigenvalue weighted by molar-refractivity contribution is -0.385. The molecule has 0 fully saturated rings. The molecule has 0 aliphatic heterocycles. The van der Waals surface area contributed by atoms with E-state index in [1.165, 1.54) is 23.9 Å². The molecule has 8 heteroatoms. The zero-order valence-corrected chi connectivity index (χ0v) is 12.2. The Morgan fingerprint density at radius 3 is 2.75 bits per heavy atom. The van der Waals surface area contributed by atoms with Crippen LogP contribution in [0.3, 0.4) is 0 Å². The molecular formula is C12H14N4O3S. The lowest BCUT2D eigenvalue weighted by Gasteiger charge is -2.06. The van der Waals surface area contributed by atoms with E-state index in [-0.39, 0.29) is 17.4 Å². The van der Waals surface area contributed by atoms with Gasteiger partial charge in [0.2, 0.25) is 5.82 Å². The molecule has 0 amide bonds. The van der Waals surface area contributed by atoms with Crippen LogP contribution in [0, 0.1) is 24.0 Å². The molecule has 0 saturated carbocycles. The standard InChI is InChI=1S/C12H14N4O3S/c1-7-4-9(20-8(7)2)5-13-11-10(16(17)18)12(19-3)15-6-14-11/h4,6H,5H2,1-3H3,(H,13,14,15). The smallest absolute Gasteiger partial charge is 0.372 e. The van der Waals surface area contributed by atoms with Gasteiger partial charge in [0.1, 0.15) is 6.33 Å². The molecule has 0 aromatic carbocycles. The van der Waals surface area contributed by atoms with Crippen molar-refractivity contribution in [3.05, 3.63) is 37.8 Å². The number of thiophene rings is 1. The Hall–Kier alpha value is -2.22. The quantitative estimate of drug-likeness (QED) is 0.673. The largest absolute Gasteiger partial charge is 0.476 e. The molecule has 2 aromatic heterocycles. The average Bonchev–Trinajstić information content (AvgIpc) is 2.74. The number of hydrogen-bond acceptors (Lipinski definition) is 7. The molecule has 0 saturated heterocycles. The van der Waals surface area contributed by atoms with Crippen molar-refractivity contribution in [1.29, 1.82) is 0 Å². The van der Waals surface area contributed by atoms with Crippen molar-refractivity contribution in [3.8, 4) is 5.88 Å². The molecule has 0 unspecified atom stereocenters. The maximum atomic E-state index is 11.1. The summed E-state index contributed by atoms with van der Waals surface area (Å²) >= 11 is 1.65. The van der Waals surface area contributed by atoms with E-state index in [0.29, 0.717) is 6.54 Å². The van der Waals surface area contributed by atoms with Crippen LogP contribution in [0.15, 0.2) is 12.4 Å². The van der Waals surface area contributed by atoms with E-state index in [0.717, 1.165) is 4.88 Å². The predicted molar refractivity (Wildman–Crippen MR) is 76.4 cm³/mol. The Morgan fingerprint density at radius 2 is 2.20 bits per heavy atom. The van der Waals surface area contributed by atoms with Gasteiger partial charge in [0.25, 0.3) is 5.88 Å². The first-order chi connectivity index (χ1) is 9.52. The fourth-order valence-electron chi connectivity index (χ4n) is 1.71. The lowest BCUT2D eigenvalue weighted by atomic mass is 10.3. The van der Waals surface area contributed by atoms with Crippen LogP contribution in [0.1, 0.15) is 15.3 Å². The highest BCUT2D eigenvalue weighted by atomic mass is 32.1. The van der Waals surface area contributed by atoms with Crippen molar-refractivity contribution in [1.82, 2.24) is 9.97 Å². The van der Waals surface area contributed by atoms with E-state index in [1.807, 2.05) is 13.8 Å². The molecule has 0 aliphatic carbocycles. The molecule has 7 nitrogen and oxygen atoms in total. The van der Waals surface area contributed by atoms with E-state index in [4.69, 9.17) is 4.74 Å². The Bertz CT molecular complexity index is 622. The number of hydrogen-bond donors (Lipinski definition) is 1. The molecule has 0 bridgehead atoms. The van der Waals surface area contributed by atoms with Gasteiger partial charge in [0, 0.05) is 9.75 Å². The summed E-state index contributed by atoms with van der Waals surface area (Å²) in [5, 5.41) is 14.0. The first-order valence-electron chi connectivity index (χ1n) is 5.86.